The molecule has 3 amide bonds. The van der Waals surface area contributed by atoms with Crippen molar-refractivity contribution >= 4 is 29.7 Å². The number of aliphatic carboxylic acids is 2. The number of carbonyl (C=O) groups excluding carboxylic acids is 3. The van der Waals surface area contributed by atoms with Crippen molar-refractivity contribution < 1.29 is 34.2 Å². The lowest BCUT2D eigenvalue weighted by Gasteiger charge is -2.30. The second-order valence-electron chi connectivity index (χ2n) is 8.06. The number of amides is 3. The molecule has 6 N–H and O–H groups in total. The van der Waals surface area contributed by atoms with Crippen molar-refractivity contribution in [1.82, 2.24) is 15.5 Å². The molecule has 0 radical (unpaired) electrons. The van der Waals surface area contributed by atoms with Gasteiger partial charge in [-0.25, -0.2) is 4.79 Å². The average molecular weight is 463 g/mol. The standard InChI is InChI=1S/C22H30N4O7/c1-13(23)19(29)25-16(12-14-6-3-2-4-7-14)21(31)26-11-5-8-17(26)20(30)24-15(22(32)33)9-10-18(27)28/h2-4,6-7,13,15-17H,5,8-12,23H2,1H3,(H,24,30)(H,25,29)(H,27,28)(H,32,33)/t13-,15-,16-,17-/m0/s1. The Labute approximate surface area is 191 Å². The van der Waals surface area contributed by atoms with Crippen molar-refractivity contribution in [3.63, 3.8) is 0 Å². The van der Waals surface area contributed by atoms with Gasteiger partial charge in [0.1, 0.15) is 18.1 Å². The van der Waals surface area contributed by atoms with E-state index in [9.17, 15) is 29.1 Å². The summed E-state index contributed by atoms with van der Waals surface area (Å²) in [6.45, 7) is 1.76. The van der Waals surface area contributed by atoms with E-state index in [-0.39, 0.29) is 19.4 Å². The van der Waals surface area contributed by atoms with Crippen molar-refractivity contribution in [2.45, 2.75) is 63.2 Å². The molecule has 1 aromatic rings. The molecule has 0 unspecified atom stereocenters. The number of nitrogens with one attached hydrogen (secondary N) is 2. The second kappa shape index (κ2) is 12.0. The van der Waals surface area contributed by atoms with Crippen molar-refractivity contribution in [3.8, 4) is 0 Å². The van der Waals surface area contributed by atoms with Crippen molar-refractivity contribution in [1.29, 1.82) is 0 Å². The zero-order valence-electron chi connectivity index (χ0n) is 18.4. The lowest BCUT2D eigenvalue weighted by molar-refractivity contribution is -0.145. The minimum Gasteiger partial charge on any atom is -0.481 e. The highest BCUT2D eigenvalue weighted by Crippen LogP contribution is 2.20. The molecule has 1 saturated heterocycles. The number of nitrogens with two attached hydrogens (primary N) is 1. The molecular weight excluding hydrogens is 432 g/mol. The first-order chi connectivity index (χ1) is 15.6. The summed E-state index contributed by atoms with van der Waals surface area (Å²) >= 11 is 0. The normalized spacial score (nSPS) is 18.1. The van der Waals surface area contributed by atoms with Gasteiger partial charge in [-0.05, 0) is 31.7 Å². The first kappa shape index (κ1) is 25.8. The fourth-order valence-electron chi connectivity index (χ4n) is 3.65. The van der Waals surface area contributed by atoms with Crippen molar-refractivity contribution in [2.24, 2.45) is 5.73 Å². The number of carbonyl (C=O) groups is 5. The topological polar surface area (TPSA) is 179 Å². The first-order valence-corrected chi connectivity index (χ1v) is 10.8. The molecular formula is C22H30N4O7. The van der Waals surface area contributed by atoms with Gasteiger partial charge in [-0.3, -0.25) is 19.2 Å². The lowest BCUT2D eigenvalue weighted by atomic mass is 10.0. The predicted molar refractivity (Wildman–Crippen MR) is 117 cm³/mol. The summed E-state index contributed by atoms with van der Waals surface area (Å²) in [6.07, 6.45) is 0.336. The summed E-state index contributed by atoms with van der Waals surface area (Å²) in [5.41, 5.74) is 6.45. The zero-order valence-corrected chi connectivity index (χ0v) is 18.4. The lowest BCUT2D eigenvalue weighted by Crippen LogP contribution is -2.57. The number of carboxylic acids is 2. The third kappa shape index (κ3) is 7.56. The van der Waals surface area contributed by atoms with Crippen LogP contribution in [0.1, 0.15) is 38.2 Å². The van der Waals surface area contributed by atoms with Crippen LogP contribution in [0.5, 0.6) is 0 Å². The summed E-state index contributed by atoms with van der Waals surface area (Å²) in [5.74, 6) is -4.18. The number of hydrogen-bond acceptors (Lipinski definition) is 6. The Hall–Kier alpha value is -3.47. The SMILES string of the molecule is C[C@H](N)C(=O)N[C@@H](Cc1ccccc1)C(=O)N1CCC[C@H]1C(=O)N[C@@H](CCC(=O)O)C(=O)O. The van der Waals surface area contributed by atoms with Gasteiger partial charge in [-0.1, -0.05) is 30.3 Å². The Morgan fingerprint density at radius 2 is 1.76 bits per heavy atom. The maximum Gasteiger partial charge on any atom is 0.326 e. The van der Waals surface area contributed by atoms with Crippen LogP contribution in [0, 0.1) is 0 Å². The Bertz CT molecular complexity index is 875. The van der Waals surface area contributed by atoms with Crippen LogP contribution in [0.4, 0.5) is 0 Å². The van der Waals surface area contributed by atoms with E-state index >= 15 is 0 Å². The summed E-state index contributed by atoms with van der Waals surface area (Å²) in [5, 5.41) is 23.1. The molecule has 33 heavy (non-hydrogen) atoms. The smallest absolute Gasteiger partial charge is 0.326 e. The predicted octanol–water partition coefficient (Wildman–Crippen LogP) is -0.514. The Morgan fingerprint density at radius 3 is 2.33 bits per heavy atom. The molecule has 1 fully saturated rings. The minimum absolute atomic E-state index is 0.194. The van der Waals surface area contributed by atoms with Crippen LogP contribution in [0.15, 0.2) is 30.3 Å². The molecule has 1 aliphatic rings. The fraction of sp³-hybridized carbons (Fsp3) is 0.500. The van der Waals surface area contributed by atoms with Gasteiger partial charge in [0.15, 0.2) is 0 Å². The summed E-state index contributed by atoms with van der Waals surface area (Å²) < 4.78 is 0. The van der Waals surface area contributed by atoms with E-state index in [4.69, 9.17) is 10.8 Å². The molecule has 2 rings (SSSR count). The highest BCUT2D eigenvalue weighted by molar-refractivity contribution is 5.94. The van der Waals surface area contributed by atoms with Gasteiger partial charge in [0.05, 0.1) is 6.04 Å². The molecule has 0 spiro atoms. The van der Waals surface area contributed by atoms with Crippen LogP contribution in [0.2, 0.25) is 0 Å². The van der Waals surface area contributed by atoms with Gasteiger partial charge in [-0.2, -0.15) is 0 Å². The fourth-order valence-corrected chi connectivity index (χ4v) is 3.65. The number of likely N-dealkylation sites (tertiary alicyclic amines) is 1. The van der Waals surface area contributed by atoms with Crippen LogP contribution in [0.3, 0.4) is 0 Å². The van der Waals surface area contributed by atoms with Gasteiger partial charge in [0.25, 0.3) is 0 Å². The molecule has 0 bridgehead atoms. The summed E-state index contributed by atoms with van der Waals surface area (Å²) in [6, 6.07) is 4.96. The van der Waals surface area contributed by atoms with Crippen molar-refractivity contribution in [2.75, 3.05) is 6.54 Å². The summed E-state index contributed by atoms with van der Waals surface area (Å²) in [4.78, 5) is 61.9. The number of carboxylic acid groups (broad SMARTS) is 2. The van der Waals surface area contributed by atoms with Gasteiger partial charge in [0, 0.05) is 19.4 Å². The van der Waals surface area contributed by atoms with Gasteiger partial charge in [0.2, 0.25) is 17.7 Å². The zero-order chi connectivity index (χ0) is 24.5. The van der Waals surface area contributed by atoms with Crippen LogP contribution < -0.4 is 16.4 Å². The van der Waals surface area contributed by atoms with E-state index in [1.807, 2.05) is 18.2 Å². The highest BCUT2D eigenvalue weighted by Gasteiger charge is 2.39. The van der Waals surface area contributed by atoms with Crippen LogP contribution >= 0.6 is 0 Å². The number of hydrogen-bond donors (Lipinski definition) is 5. The molecule has 11 heteroatoms. The van der Waals surface area contributed by atoms with Crippen molar-refractivity contribution in [3.05, 3.63) is 35.9 Å². The Kier molecular flexibility index (Phi) is 9.34. The first-order valence-electron chi connectivity index (χ1n) is 10.8. The van der Waals surface area contributed by atoms with Crippen LogP contribution in [0.25, 0.3) is 0 Å². The second-order valence-corrected chi connectivity index (χ2v) is 8.06. The molecule has 180 valence electrons. The van der Waals surface area contributed by atoms with E-state index in [1.165, 1.54) is 11.8 Å². The van der Waals surface area contributed by atoms with Crippen LogP contribution in [-0.2, 0) is 30.4 Å². The molecule has 0 aromatic heterocycles. The third-order valence-corrected chi connectivity index (χ3v) is 5.41. The largest absolute Gasteiger partial charge is 0.481 e. The quantitative estimate of drug-likeness (QED) is 0.291. The average Bonchev–Trinajstić information content (AvgIpc) is 3.25. The number of benzene rings is 1. The highest BCUT2D eigenvalue weighted by atomic mass is 16.4. The molecule has 4 atom stereocenters. The number of nitrogens with zero attached hydrogens (tertiary/aromatic N) is 1. The van der Waals surface area contributed by atoms with Gasteiger partial charge in [-0.15, -0.1) is 0 Å². The minimum atomic E-state index is -1.39. The molecule has 1 aromatic carbocycles. The van der Waals surface area contributed by atoms with E-state index < -0.39 is 60.2 Å². The molecule has 1 heterocycles. The van der Waals surface area contributed by atoms with E-state index in [0.29, 0.717) is 12.8 Å². The van der Waals surface area contributed by atoms with E-state index in [1.54, 1.807) is 12.1 Å². The monoisotopic (exact) mass is 462 g/mol. The maximum absolute atomic E-state index is 13.4. The number of rotatable bonds is 11. The van der Waals surface area contributed by atoms with Gasteiger partial charge < -0.3 is 31.5 Å². The molecule has 1 aliphatic heterocycles. The molecule has 0 aliphatic carbocycles. The van der Waals surface area contributed by atoms with E-state index in [0.717, 1.165) is 5.56 Å². The summed E-state index contributed by atoms with van der Waals surface area (Å²) in [7, 11) is 0. The van der Waals surface area contributed by atoms with Crippen LogP contribution in [-0.4, -0.2) is 75.5 Å². The third-order valence-electron chi connectivity index (χ3n) is 5.41. The van der Waals surface area contributed by atoms with E-state index in [2.05, 4.69) is 10.6 Å². The Balaban J connectivity index is 2.16. The Morgan fingerprint density at radius 1 is 1.09 bits per heavy atom. The molecule has 11 nitrogen and oxygen atoms in total. The maximum atomic E-state index is 13.4. The molecule has 0 saturated carbocycles. The van der Waals surface area contributed by atoms with Gasteiger partial charge >= 0.3 is 11.9 Å².